The largest absolute Gasteiger partial charge is 0.497 e. The molecule has 4 rings (SSSR count). The summed E-state index contributed by atoms with van der Waals surface area (Å²) >= 11 is 0. The van der Waals surface area contributed by atoms with Crippen LogP contribution in [0.15, 0.2) is 18.2 Å². The van der Waals surface area contributed by atoms with Crippen LogP contribution in [-0.4, -0.2) is 49.3 Å². The molecular weight excluding hydrogens is 376 g/mol. The Labute approximate surface area is 181 Å². The Balaban J connectivity index is 1.49. The zero-order valence-corrected chi connectivity index (χ0v) is 18.5. The number of ether oxygens (including phenoxy) is 1. The molecule has 1 atom stereocenters. The van der Waals surface area contributed by atoms with Gasteiger partial charge < -0.3 is 20.1 Å². The molecule has 2 saturated carbocycles. The number of aliphatic hydroxyl groups is 1. The van der Waals surface area contributed by atoms with Gasteiger partial charge in [0.1, 0.15) is 5.75 Å². The van der Waals surface area contributed by atoms with Crippen molar-refractivity contribution in [3.8, 4) is 5.75 Å². The Kier molecular flexibility index (Phi) is 6.99. The van der Waals surface area contributed by atoms with Gasteiger partial charge in [0.2, 0.25) is 5.91 Å². The number of nitrogens with one attached hydrogen (secondary N) is 1. The Morgan fingerprint density at radius 2 is 1.97 bits per heavy atom. The van der Waals surface area contributed by atoms with Crippen molar-refractivity contribution in [2.75, 3.05) is 33.4 Å². The first-order valence-electron chi connectivity index (χ1n) is 11.9. The lowest BCUT2D eigenvalue weighted by atomic mass is 9.77. The number of nitrogens with zero attached hydrogens (tertiary/aromatic N) is 1. The standard InChI is InChI=1S/C25H38N2O3/c1-30-21-10-9-19-11-14-27(24(22(19)15-21)20-7-3-2-4-8-20)23(29)16-26-17-25(18-28)12-5-6-13-25/h9-10,15,20,24,26,28H,2-8,11-14,16-18H2,1H3. The molecule has 1 amide bonds. The van der Waals surface area contributed by atoms with E-state index in [1.54, 1.807) is 7.11 Å². The van der Waals surface area contributed by atoms with E-state index in [1.807, 2.05) is 6.07 Å². The molecule has 3 aliphatic rings. The summed E-state index contributed by atoms with van der Waals surface area (Å²) in [6, 6.07) is 6.57. The highest BCUT2D eigenvalue weighted by atomic mass is 16.5. The summed E-state index contributed by atoms with van der Waals surface area (Å²) in [7, 11) is 1.72. The Bertz CT molecular complexity index is 723. The summed E-state index contributed by atoms with van der Waals surface area (Å²) in [4.78, 5) is 15.5. The Morgan fingerprint density at radius 3 is 2.67 bits per heavy atom. The first-order valence-corrected chi connectivity index (χ1v) is 11.9. The lowest BCUT2D eigenvalue weighted by molar-refractivity contribution is -0.135. The maximum atomic E-state index is 13.4. The number of benzene rings is 1. The van der Waals surface area contributed by atoms with Crippen molar-refractivity contribution in [1.29, 1.82) is 0 Å². The second-order valence-electron chi connectivity index (χ2n) is 9.71. The monoisotopic (exact) mass is 414 g/mol. The number of rotatable bonds is 7. The van der Waals surface area contributed by atoms with Gasteiger partial charge in [0, 0.05) is 25.1 Å². The van der Waals surface area contributed by atoms with E-state index >= 15 is 0 Å². The van der Waals surface area contributed by atoms with Crippen molar-refractivity contribution in [3.05, 3.63) is 29.3 Å². The molecule has 0 spiro atoms. The lowest BCUT2D eigenvalue weighted by Crippen LogP contribution is -2.48. The average Bonchev–Trinajstić information content (AvgIpc) is 3.27. The summed E-state index contributed by atoms with van der Waals surface area (Å²) < 4.78 is 5.52. The van der Waals surface area contributed by atoms with Crippen molar-refractivity contribution in [2.45, 2.75) is 70.3 Å². The first-order chi connectivity index (χ1) is 14.7. The number of hydrogen-bond acceptors (Lipinski definition) is 4. The molecule has 1 aromatic rings. The molecule has 0 saturated heterocycles. The van der Waals surface area contributed by atoms with Gasteiger partial charge in [0.15, 0.2) is 0 Å². The van der Waals surface area contributed by atoms with Gasteiger partial charge in [-0.05, 0) is 61.3 Å². The van der Waals surface area contributed by atoms with E-state index in [0.717, 1.165) is 38.1 Å². The van der Waals surface area contributed by atoms with E-state index in [-0.39, 0.29) is 24.0 Å². The third-order valence-electron chi connectivity index (χ3n) is 7.82. The van der Waals surface area contributed by atoms with Crippen LogP contribution in [0.2, 0.25) is 0 Å². The van der Waals surface area contributed by atoms with Crippen molar-refractivity contribution < 1.29 is 14.6 Å². The molecule has 1 aliphatic heterocycles. The van der Waals surface area contributed by atoms with Gasteiger partial charge >= 0.3 is 0 Å². The molecule has 0 aromatic heterocycles. The quantitative estimate of drug-likeness (QED) is 0.712. The number of carbonyl (C=O) groups is 1. The highest BCUT2D eigenvalue weighted by molar-refractivity contribution is 5.79. The van der Waals surface area contributed by atoms with Crippen LogP contribution < -0.4 is 10.1 Å². The highest BCUT2D eigenvalue weighted by Crippen LogP contribution is 2.43. The van der Waals surface area contributed by atoms with Crippen molar-refractivity contribution in [3.63, 3.8) is 0 Å². The zero-order valence-electron chi connectivity index (χ0n) is 18.5. The molecule has 2 aliphatic carbocycles. The van der Waals surface area contributed by atoms with Crippen LogP contribution in [-0.2, 0) is 11.2 Å². The zero-order chi connectivity index (χ0) is 21.0. The molecular formula is C25H38N2O3. The molecule has 2 fully saturated rings. The molecule has 1 heterocycles. The van der Waals surface area contributed by atoms with E-state index in [1.165, 1.54) is 56.1 Å². The molecule has 2 N–H and O–H groups in total. The van der Waals surface area contributed by atoms with E-state index in [0.29, 0.717) is 12.5 Å². The van der Waals surface area contributed by atoms with Gasteiger partial charge in [-0.3, -0.25) is 4.79 Å². The molecule has 166 valence electrons. The van der Waals surface area contributed by atoms with Gasteiger partial charge in [-0.1, -0.05) is 38.2 Å². The molecule has 5 heteroatoms. The Hall–Kier alpha value is -1.59. The Morgan fingerprint density at radius 1 is 1.20 bits per heavy atom. The second kappa shape index (κ2) is 9.69. The summed E-state index contributed by atoms with van der Waals surface area (Å²) in [5.74, 6) is 1.62. The van der Waals surface area contributed by atoms with E-state index in [9.17, 15) is 9.90 Å². The molecule has 5 nitrogen and oxygen atoms in total. The fraction of sp³-hybridized carbons (Fsp3) is 0.720. The molecule has 0 radical (unpaired) electrons. The third kappa shape index (κ3) is 4.52. The van der Waals surface area contributed by atoms with Crippen LogP contribution in [0.25, 0.3) is 0 Å². The van der Waals surface area contributed by atoms with Crippen LogP contribution in [0.1, 0.15) is 75.0 Å². The molecule has 1 aromatic carbocycles. The predicted octanol–water partition coefficient (Wildman–Crippen LogP) is 3.84. The van der Waals surface area contributed by atoms with Crippen LogP contribution in [0, 0.1) is 11.3 Å². The summed E-state index contributed by atoms with van der Waals surface area (Å²) in [5.41, 5.74) is 2.64. The van der Waals surface area contributed by atoms with E-state index in [4.69, 9.17) is 4.74 Å². The predicted molar refractivity (Wildman–Crippen MR) is 119 cm³/mol. The minimum atomic E-state index is -0.0229. The van der Waals surface area contributed by atoms with E-state index in [2.05, 4.69) is 22.3 Å². The summed E-state index contributed by atoms with van der Waals surface area (Å²) in [6.07, 6.45) is 11.6. The maximum Gasteiger partial charge on any atom is 0.237 e. The molecule has 0 bridgehead atoms. The molecule has 30 heavy (non-hydrogen) atoms. The van der Waals surface area contributed by atoms with Crippen molar-refractivity contribution >= 4 is 5.91 Å². The topological polar surface area (TPSA) is 61.8 Å². The fourth-order valence-corrected chi connectivity index (χ4v) is 6.04. The van der Waals surface area contributed by atoms with Gasteiger partial charge in [0.05, 0.1) is 19.7 Å². The van der Waals surface area contributed by atoms with Crippen LogP contribution >= 0.6 is 0 Å². The number of hydrogen-bond donors (Lipinski definition) is 2. The number of aliphatic hydroxyl groups excluding tert-OH is 1. The maximum absolute atomic E-state index is 13.4. The number of amides is 1. The number of fused-ring (bicyclic) bond motifs is 1. The first kappa shape index (κ1) is 21.6. The smallest absolute Gasteiger partial charge is 0.237 e. The number of methoxy groups -OCH3 is 1. The highest BCUT2D eigenvalue weighted by Gasteiger charge is 2.37. The summed E-state index contributed by atoms with van der Waals surface area (Å²) in [6.45, 7) is 2.12. The molecule has 1 unspecified atom stereocenters. The van der Waals surface area contributed by atoms with Gasteiger partial charge in [-0.25, -0.2) is 0 Å². The van der Waals surface area contributed by atoms with Crippen molar-refractivity contribution in [2.24, 2.45) is 11.3 Å². The van der Waals surface area contributed by atoms with Crippen LogP contribution in [0.4, 0.5) is 0 Å². The van der Waals surface area contributed by atoms with Gasteiger partial charge in [0.25, 0.3) is 0 Å². The lowest BCUT2D eigenvalue weighted by Gasteiger charge is -2.43. The van der Waals surface area contributed by atoms with E-state index < -0.39 is 0 Å². The third-order valence-corrected chi connectivity index (χ3v) is 7.82. The summed E-state index contributed by atoms with van der Waals surface area (Å²) in [5, 5.41) is 13.3. The number of carbonyl (C=O) groups excluding carboxylic acids is 1. The second-order valence-corrected chi connectivity index (χ2v) is 9.71. The van der Waals surface area contributed by atoms with Gasteiger partial charge in [-0.2, -0.15) is 0 Å². The fourth-order valence-electron chi connectivity index (χ4n) is 6.04. The van der Waals surface area contributed by atoms with Gasteiger partial charge in [-0.15, -0.1) is 0 Å². The van der Waals surface area contributed by atoms with Crippen LogP contribution in [0.3, 0.4) is 0 Å². The SMILES string of the molecule is COc1ccc2c(c1)C(C1CCCCC1)N(C(=O)CNCC1(CO)CCCC1)CC2. The average molecular weight is 415 g/mol. The minimum absolute atomic E-state index is 0.0229. The normalized spacial score (nSPS) is 23.9. The van der Waals surface area contributed by atoms with Crippen molar-refractivity contribution in [1.82, 2.24) is 10.2 Å². The minimum Gasteiger partial charge on any atom is -0.497 e. The van der Waals surface area contributed by atoms with Crippen LogP contribution in [0.5, 0.6) is 5.75 Å².